The first-order valence-electron chi connectivity index (χ1n) is 8.25. The molecule has 0 amide bonds. The van der Waals surface area contributed by atoms with Crippen molar-refractivity contribution in [1.29, 1.82) is 0 Å². The number of esters is 1. The Morgan fingerprint density at radius 1 is 0.821 bits per heavy atom. The molecule has 0 aromatic heterocycles. The van der Waals surface area contributed by atoms with Crippen LogP contribution in [0.5, 0.6) is 5.75 Å². The summed E-state index contributed by atoms with van der Waals surface area (Å²) < 4.78 is 77.6. The number of ether oxygens (including phenoxy) is 5. The molecule has 0 spiro atoms. The van der Waals surface area contributed by atoms with Crippen molar-refractivity contribution in [2.75, 3.05) is 52.9 Å². The van der Waals surface area contributed by atoms with E-state index in [2.05, 4.69) is 10.7 Å². The molecule has 0 heterocycles. The minimum Gasteiger partial charge on any atom is -0.420 e. The van der Waals surface area contributed by atoms with Gasteiger partial charge in [0.1, 0.15) is 6.61 Å². The van der Waals surface area contributed by atoms with Crippen molar-refractivity contribution in [3.8, 4) is 18.1 Å². The molecule has 10 heteroatoms. The number of hydrogen-bond acceptors (Lipinski definition) is 6. The normalized spacial score (nSPS) is 10.7. The molecule has 0 saturated carbocycles. The van der Waals surface area contributed by atoms with Gasteiger partial charge in [-0.15, -0.1) is 6.42 Å². The quantitative estimate of drug-likeness (QED) is 0.118. The molecule has 156 valence electrons. The molecule has 0 fully saturated rings. The second-order valence-corrected chi connectivity index (χ2v) is 5.12. The molecule has 0 aliphatic heterocycles. The lowest BCUT2D eigenvalue weighted by Crippen LogP contribution is -2.16. The minimum atomic E-state index is -1.79. The molecule has 28 heavy (non-hydrogen) atoms. The third kappa shape index (κ3) is 9.14. The van der Waals surface area contributed by atoms with Crippen molar-refractivity contribution in [2.24, 2.45) is 0 Å². The van der Waals surface area contributed by atoms with Crippen LogP contribution in [-0.2, 0) is 23.7 Å². The first kappa shape index (κ1) is 23.8. The van der Waals surface area contributed by atoms with Crippen LogP contribution in [0.25, 0.3) is 0 Å². The van der Waals surface area contributed by atoms with Gasteiger partial charge in [0.25, 0.3) is 0 Å². The Bertz CT molecular complexity index is 636. The second-order valence-electron chi connectivity index (χ2n) is 5.12. The summed E-state index contributed by atoms with van der Waals surface area (Å²) in [6.45, 7) is 1.93. The van der Waals surface area contributed by atoms with Crippen molar-refractivity contribution in [3.63, 3.8) is 0 Å². The van der Waals surface area contributed by atoms with Crippen LogP contribution in [0.1, 0.15) is 6.42 Å². The van der Waals surface area contributed by atoms with E-state index in [1.54, 1.807) is 0 Å². The Labute approximate surface area is 159 Å². The number of benzene rings is 1. The number of hydrogen-bond donors (Lipinski definition) is 0. The maximum Gasteiger partial charge on any atom is 0.313 e. The van der Waals surface area contributed by atoms with E-state index >= 15 is 0 Å². The number of rotatable bonds is 14. The molecule has 0 unspecified atom stereocenters. The zero-order valence-corrected chi connectivity index (χ0v) is 15.0. The second kappa shape index (κ2) is 13.9. The first-order chi connectivity index (χ1) is 13.5. The molecular weight excluding hydrogens is 388 g/mol. The highest BCUT2D eigenvalue weighted by Crippen LogP contribution is 2.26. The zero-order valence-electron chi connectivity index (χ0n) is 15.0. The molecular formula is C18H20F4O6. The average molecular weight is 408 g/mol. The molecule has 1 aromatic rings. The lowest BCUT2D eigenvalue weighted by molar-refractivity contribution is -0.136. The van der Waals surface area contributed by atoms with Gasteiger partial charge in [0.2, 0.25) is 17.4 Å². The van der Waals surface area contributed by atoms with Gasteiger partial charge in [-0.05, 0) is 0 Å². The predicted octanol–water partition coefficient (Wildman–Crippen LogP) is 2.24. The van der Waals surface area contributed by atoms with Crippen LogP contribution in [0.3, 0.4) is 0 Å². The van der Waals surface area contributed by atoms with E-state index in [1.807, 2.05) is 0 Å². The van der Waals surface area contributed by atoms with Gasteiger partial charge >= 0.3 is 5.97 Å². The first-order valence-corrected chi connectivity index (χ1v) is 8.25. The van der Waals surface area contributed by atoms with E-state index in [0.29, 0.717) is 26.4 Å². The van der Waals surface area contributed by atoms with Gasteiger partial charge in [0, 0.05) is 6.07 Å². The lowest BCUT2D eigenvalue weighted by atomic mass is 10.3. The fourth-order valence-electron chi connectivity index (χ4n) is 1.75. The van der Waals surface area contributed by atoms with Crippen LogP contribution >= 0.6 is 0 Å². The summed E-state index contributed by atoms with van der Waals surface area (Å²) in [5.74, 6) is -7.11. The number of terminal acetylenes is 1. The van der Waals surface area contributed by atoms with E-state index in [4.69, 9.17) is 25.4 Å². The van der Waals surface area contributed by atoms with Crippen LogP contribution in [0.2, 0.25) is 0 Å². The Hall–Kier alpha value is -2.19. The number of carbonyl (C=O) groups is 1. The highest BCUT2D eigenvalue weighted by atomic mass is 19.2. The van der Waals surface area contributed by atoms with E-state index in [0.717, 1.165) is 0 Å². The van der Waals surface area contributed by atoms with Crippen LogP contribution in [0.4, 0.5) is 17.6 Å². The van der Waals surface area contributed by atoms with Gasteiger partial charge in [-0.2, -0.15) is 8.78 Å². The fraction of sp³-hybridized carbons (Fsp3) is 0.500. The van der Waals surface area contributed by atoms with Crippen LogP contribution in [-0.4, -0.2) is 58.8 Å². The summed E-state index contributed by atoms with van der Waals surface area (Å²) in [7, 11) is 0. The topological polar surface area (TPSA) is 63.2 Å². The molecule has 0 atom stereocenters. The Kier molecular flexibility index (Phi) is 11.8. The van der Waals surface area contributed by atoms with E-state index in [-0.39, 0.29) is 38.9 Å². The molecule has 1 rings (SSSR count). The molecule has 0 aliphatic carbocycles. The van der Waals surface area contributed by atoms with Gasteiger partial charge in [0.15, 0.2) is 11.6 Å². The Morgan fingerprint density at radius 2 is 1.29 bits per heavy atom. The molecule has 6 nitrogen and oxygen atoms in total. The highest BCUT2D eigenvalue weighted by Gasteiger charge is 2.22. The third-order valence-corrected chi connectivity index (χ3v) is 3.04. The largest absolute Gasteiger partial charge is 0.420 e. The SMILES string of the molecule is C#CCOCCOCCOCCOCCC(=O)Oc1c(F)c(F)cc(F)c1F. The predicted molar refractivity (Wildman–Crippen MR) is 88.6 cm³/mol. The number of halogens is 4. The molecule has 0 saturated heterocycles. The third-order valence-electron chi connectivity index (χ3n) is 3.04. The maximum atomic E-state index is 13.4. The van der Waals surface area contributed by atoms with Gasteiger partial charge in [-0.25, -0.2) is 8.78 Å². The zero-order chi connectivity index (χ0) is 20.8. The fourth-order valence-corrected chi connectivity index (χ4v) is 1.75. The summed E-state index contributed by atoms with van der Waals surface area (Å²) in [6.07, 6.45) is 4.62. The summed E-state index contributed by atoms with van der Waals surface area (Å²) in [5, 5.41) is 0. The van der Waals surface area contributed by atoms with Gasteiger partial charge in [0.05, 0.1) is 52.7 Å². The smallest absolute Gasteiger partial charge is 0.313 e. The lowest BCUT2D eigenvalue weighted by Gasteiger charge is -2.09. The molecule has 1 aromatic carbocycles. The molecule has 0 aliphatic rings. The van der Waals surface area contributed by atoms with Gasteiger partial charge < -0.3 is 23.7 Å². The average Bonchev–Trinajstić information content (AvgIpc) is 2.67. The summed E-state index contributed by atoms with van der Waals surface area (Å²) >= 11 is 0. The van der Waals surface area contributed by atoms with Crippen LogP contribution in [0, 0.1) is 35.6 Å². The standard InChI is InChI=1S/C18H20F4O6/c1-2-4-24-6-8-26-10-11-27-9-7-25-5-3-15(23)28-18-16(21)13(19)12-14(20)17(18)22/h1,12H,3-11H2. The Balaban J connectivity index is 2.07. The van der Waals surface area contributed by atoms with Crippen molar-refractivity contribution >= 4 is 5.97 Å². The molecule has 0 radical (unpaired) electrons. The summed E-state index contributed by atoms with van der Waals surface area (Å²) in [6, 6.07) is 0.0172. The van der Waals surface area contributed by atoms with Gasteiger partial charge in [-0.3, -0.25) is 4.79 Å². The molecule has 0 bridgehead atoms. The minimum absolute atomic E-state index is 0.0172. The summed E-state index contributed by atoms with van der Waals surface area (Å²) in [5.41, 5.74) is 0. The number of carbonyl (C=O) groups excluding carboxylic acids is 1. The van der Waals surface area contributed by atoms with Crippen molar-refractivity contribution in [3.05, 3.63) is 29.3 Å². The maximum absolute atomic E-state index is 13.4. The monoisotopic (exact) mass is 408 g/mol. The van der Waals surface area contributed by atoms with Crippen molar-refractivity contribution in [1.82, 2.24) is 0 Å². The van der Waals surface area contributed by atoms with E-state index in [9.17, 15) is 22.4 Å². The van der Waals surface area contributed by atoms with Gasteiger partial charge in [-0.1, -0.05) is 5.92 Å². The van der Waals surface area contributed by atoms with Crippen molar-refractivity contribution in [2.45, 2.75) is 6.42 Å². The summed E-state index contributed by atoms with van der Waals surface area (Å²) in [4.78, 5) is 11.5. The van der Waals surface area contributed by atoms with Crippen molar-refractivity contribution < 1.29 is 46.0 Å². The highest BCUT2D eigenvalue weighted by molar-refractivity contribution is 5.72. The van der Waals surface area contributed by atoms with Crippen LogP contribution < -0.4 is 4.74 Å². The van der Waals surface area contributed by atoms with E-state index in [1.165, 1.54) is 0 Å². The molecule has 0 N–H and O–H groups in total. The van der Waals surface area contributed by atoms with Crippen LogP contribution in [0.15, 0.2) is 6.07 Å². The van der Waals surface area contributed by atoms with E-state index < -0.39 is 35.0 Å². The Morgan fingerprint density at radius 3 is 1.79 bits per heavy atom.